The van der Waals surface area contributed by atoms with Crippen molar-refractivity contribution in [2.24, 2.45) is 0 Å². The molecule has 0 atom stereocenters. The first-order chi connectivity index (χ1) is 7.34. The van der Waals surface area contributed by atoms with Crippen LogP contribution in [0, 0.1) is 6.92 Å². The highest BCUT2D eigenvalue weighted by molar-refractivity contribution is 5.82. The number of para-hydroxylation sites is 3. The van der Waals surface area contributed by atoms with E-state index in [1.807, 2.05) is 36.4 Å². The summed E-state index contributed by atoms with van der Waals surface area (Å²) in [5, 5.41) is 0. The molecule has 3 aromatic rings. The number of hydrogen-bond donors (Lipinski definition) is 0. The molecule has 0 radical (unpaired) electrons. The molecular formula is C13H11N2+. The van der Waals surface area contributed by atoms with Crippen molar-refractivity contribution in [3.8, 4) is 0 Å². The molecule has 2 heteroatoms. The number of benzene rings is 2. The lowest BCUT2D eigenvalue weighted by Gasteiger charge is -1.96. The van der Waals surface area contributed by atoms with E-state index in [1.54, 1.807) is 0 Å². The van der Waals surface area contributed by atoms with Crippen molar-refractivity contribution >= 4 is 22.1 Å². The molecule has 3 rings (SSSR count). The Bertz CT molecular complexity index is 644. The summed E-state index contributed by atoms with van der Waals surface area (Å²) >= 11 is 0. The first kappa shape index (κ1) is 8.36. The van der Waals surface area contributed by atoms with Crippen LogP contribution in [0.3, 0.4) is 0 Å². The second-order valence-corrected chi connectivity index (χ2v) is 3.72. The third kappa shape index (κ3) is 1.26. The molecule has 0 aliphatic heterocycles. The van der Waals surface area contributed by atoms with Crippen molar-refractivity contribution in [2.45, 2.75) is 6.92 Å². The van der Waals surface area contributed by atoms with Crippen LogP contribution < -0.4 is 4.98 Å². The van der Waals surface area contributed by atoms with Crippen LogP contribution in [-0.4, -0.2) is 4.98 Å². The Labute approximate surface area is 87.6 Å². The van der Waals surface area contributed by atoms with Gasteiger partial charge in [-0.2, -0.15) is 0 Å². The van der Waals surface area contributed by atoms with E-state index in [-0.39, 0.29) is 0 Å². The summed E-state index contributed by atoms with van der Waals surface area (Å²) in [4.78, 5) is 8.02. The second kappa shape index (κ2) is 3.02. The maximum atomic E-state index is 4.61. The van der Waals surface area contributed by atoms with E-state index in [1.165, 1.54) is 5.56 Å². The van der Waals surface area contributed by atoms with Gasteiger partial charge in [-0.25, -0.2) is 9.97 Å². The Morgan fingerprint density at radius 3 is 2.67 bits per heavy atom. The normalized spacial score (nSPS) is 11.0. The maximum Gasteiger partial charge on any atom is 0.232 e. The van der Waals surface area contributed by atoms with Crippen molar-refractivity contribution < 1.29 is 4.98 Å². The molecule has 0 bridgehead atoms. The standard InChI is InChI=1S/C13H10N2/c1-9-5-4-8-12-13(9)15-11-7-3-2-6-10(11)14-12/h2-8H,1H3/p+1. The number of H-pyrrole nitrogens is 1. The topological polar surface area (TPSA) is 27.0 Å². The second-order valence-electron chi connectivity index (χ2n) is 3.72. The Morgan fingerprint density at radius 2 is 1.73 bits per heavy atom. The van der Waals surface area contributed by atoms with Crippen molar-refractivity contribution in [1.82, 2.24) is 4.98 Å². The largest absolute Gasteiger partial charge is 0.235 e. The van der Waals surface area contributed by atoms with Gasteiger partial charge in [0, 0.05) is 11.6 Å². The highest BCUT2D eigenvalue weighted by atomic mass is 14.8. The van der Waals surface area contributed by atoms with Crippen molar-refractivity contribution in [2.75, 3.05) is 0 Å². The van der Waals surface area contributed by atoms with Gasteiger partial charge >= 0.3 is 0 Å². The van der Waals surface area contributed by atoms with Gasteiger partial charge in [0.05, 0.1) is 0 Å². The predicted molar refractivity (Wildman–Crippen MR) is 60.5 cm³/mol. The van der Waals surface area contributed by atoms with Crippen LogP contribution in [0.15, 0.2) is 42.5 Å². The fourth-order valence-corrected chi connectivity index (χ4v) is 1.85. The van der Waals surface area contributed by atoms with Gasteiger partial charge in [0.25, 0.3) is 0 Å². The first-order valence-corrected chi connectivity index (χ1v) is 5.02. The number of nitrogens with one attached hydrogen (secondary N) is 1. The minimum absolute atomic E-state index is 1.01. The van der Waals surface area contributed by atoms with Crippen molar-refractivity contribution in [3.63, 3.8) is 0 Å². The molecule has 1 heterocycles. The summed E-state index contributed by atoms with van der Waals surface area (Å²) in [6.45, 7) is 2.09. The molecule has 0 aliphatic carbocycles. The average Bonchev–Trinajstić information content (AvgIpc) is 2.27. The molecule has 1 N–H and O–H groups in total. The smallest absolute Gasteiger partial charge is 0.232 e. The van der Waals surface area contributed by atoms with Crippen LogP contribution in [-0.2, 0) is 0 Å². The predicted octanol–water partition coefficient (Wildman–Crippen LogP) is 2.51. The molecule has 2 nitrogen and oxygen atoms in total. The molecule has 1 aromatic heterocycles. The lowest BCUT2D eigenvalue weighted by molar-refractivity contribution is -0.311. The van der Waals surface area contributed by atoms with E-state index in [0.29, 0.717) is 0 Å². The molecule has 0 aliphatic rings. The van der Waals surface area contributed by atoms with Crippen LogP contribution >= 0.6 is 0 Å². The first-order valence-electron chi connectivity index (χ1n) is 5.02. The van der Waals surface area contributed by atoms with Gasteiger partial charge in [-0.3, -0.25) is 0 Å². The monoisotopic (exact) mass is 195 g/mol. The molecular weight excluding hydrogens is 184 g/mol. The van der Waals surface area contributed by atoms with Crippen LogP contribution in [0.5, 0.6) is 0 Å². The van der Waals surface area contributed by atoms with E-state index < -0.39 is 0 Å². The number of fused-ring (bicyclic) bond motifs is 2. The Hall–Kier alpha value is -1.96. The molecule has 2 aromatic carbocycles. The Morgan fingerprint density at radius 1 is 0.933 bits per heavy atom. The molecule has 0 unspecified atom stereocenters. The third-order valence-electron chi connectivity index (χ3n) is 2.66. The van der Waals surface area contributed by atoms with Gasteiger partial charge in [0.1, 0.15) is 11.0 Å². The van der Waals surface area contributed by atoms with Gasteiger partial charge < -0.3 is 0 Å². The molecule has 0 spiro atoms. The number of aryl methyl sites for hydroxylation is 1. The van der Waals surface area contributed by atoms with Gasteiger partial charge in [-0.05, 0) is 19.1 Å². The Balaban J connectivity index is 2.53. The highest BCUT2D eigenvalue weighted by Gasteiger charge is 2.08. The maximum absolute atomic E-state index is 4.61. The average molecular weight is 195 g/mol. The summed E-state index contributed by atoms with van der Waals surface area (Å²) in [6, 6.07) is 14.3. The van der Waals surface area contributed by atoms with Gasteiger partial charge in [-0.15, -0.1) is 0 Å². The number of aromatic nitrogens is 2. The number of hydrogen-bond acceptors (Lipinski definition) is 1. The van der Waals surface area contributed by atoms with E-state index in [2.05, 4.69) is 23.0 Å². The van der Waals surface area contributed by atoms with E-state index in [9.17, 15) is 0 Å². The summed E-state index contributed by atoms with van der Waals surface area (Å²) in [5.74, 6) is 0. The van der Waals surface area contributed by atoms with Crippen LogP contribution in [0.25, 0.3) is 22.1 Å². The fraction of sp³-hybridized carbons (Fsp3) is 0.0769. The van der Waals surface area contributed by atoms with Gasteiger partial charge in [-0.1, -0.05) is 24.3 Å². The van der Waals surface area contributed by atoms with E-state index >= 15 is 0 Å². The molecule has 0 saturated heterocycles. The highest BCUT2D eigenvalue weighted by Crippen LogP contribution is 2.14. The van der Waals surface area contributed by atoms with Crippen molar-refractivity contribution in [1.29, 1.82) is 0 Å². The van der Waals surface area contributed by atoms with Crippen LogP contribution in [0.4, 0.5) is 0 Å². The quantitative estimate of drug-likeness (QED) is 0.506. The molecule has 72 valence electrons. The number of aromatic amines is 1. The summed E-state index contributed by atoms with van der Waals surface area (Å²) in [6.07, 6.45) is 0. The number of nitrogens with zero attached hydrogens (tertiary/aromatic N) is 1. The zero-order chi connectivity index (χ0) is 10.3. The molecule has 0 saturated carbocycles. The SMILES string of the molecule is Cc1cccc2nc3ccccc3[nH+]c12. The van der Waals surface area contributed by atoms with Gasteiger partial charge in [0.15, 0.2) is 0 Å². The van der Waals surface area contributed by atoms with E-state index in [4.69, 9.17) is 0 Å². The zero-order valence-electron chi connectivity index (χ0n) is 8.49. The lowest BCUT2D eigenvalue weighted by Crippen LogP contribution is -2.08. The van der Waals surface area contributed by atoms with Crippen LogP contribution in [0.2, 0.25) is 0 Å². The Kier molecular flexibility index (Phi) is 1.68. The number of rotatable bonds is 0. The third-order valence-corrected chi connectivity index (χ3v) is 2.66. The molecule has 0 amide bonds. The summed E-state index contributed by atoms with van der Waals surface area (Å²) < 4.78 is 0. The zero-order valence-corrected chi connectivity index (χ0v) is 8.49. The van der Waals surface area contributed by atoms with Crippen LogP contribution in [0.1, 0.15) is 5.56 Å². The summed E-state index contributed by atoms with van der Waals surface area (Å²) in [5.41, 5.74) is 5.46. The fourth-order valence-electron chi connectivity index (χ4n) is 1.85. The summed E-state index contributed by atoms with van der Waals surface area (Å²) in [7, 11) is 0. The molecule has 0 fully saturated rings. The van der Waals surface area contributed by atoms with Crippen molar-refractivity contribution in [3.05, 3.63) is 48.0 Å². The minimum Gasteiger partial charge on any atom is -0.235 e. The van der Waals surface area contributed by atoms with Gasteiger partial charge in [0.2, 0.25) is 11.0 Å². The van der Waals surface area contributed by atoms with E-state index in [0.717, 1.165) is 22.1 Å². The molecule has 15 heavy (non-hydrogen) atoms. The minimum atomic E-state index is 1.01. The lowest BCUT2D eigenvalue weighted by atomic mass is 10.2.